The highest BCUT2D eigenvalue weighted by Crippen LogP contribution is 2.23. The van der Waals surface area contributed by atoms with Crippen molar-refractivity contribution in [3.63, 3.8) is 0 Å². The third kappa shape index (κ3) is 4.30. The van der Waals surface area contributed by atoms with E-state index in [9.17, 15) is 14.0 Å². The van der Waals surface area contributed by atoms with Gasteiger partial charge in [0.15, 0.2) is 0 Å². The molecular formula is C20H15ClFN3O2. The van der Waals surface area contributed by atoms with Gasteiger partial charge in [-0.1, -0.05) is 29.8 Å². The number of hydrogen-bond acceptors (Lipinski definition) is 3. The van der Waals surface area contributed by atoms with Crippen molar-refractivity contribution in [2.45, 2.75) is 6.92 Å². The predicted octanol–water partition coefficient (Wildman–Crippen LogP) is 4.69. The average molecular weight is 384 g/mol. The summed E-state index contributed by atoms with van der Waals surface area (Å²) in [6.07, 6.45) is 2.65. The molecule has 0 bridgehead atoms. The van der Waals surface area contributed by atoms with E-state index in [1.165, 1.54) is 36.7 Å². The molecule has 7 heteroatoms. The van der Waals surface area contributed by atoms with Crippen molar-refractivity contribution in [2.24, 2.45) is 0 Å². The van der Waals surface area contributed by atoms with Crippen molar-refractivity contribution in [3.05, 3.63) is 88.5 Å². The van der Waals surface area contributed by atoms with E-state index in [1.807, 2.05) is 0 Å². The van der Waals surface area contributed by atoms with Crippen LogP contribution in [-0.4, -0.2) is 16.8 Å². The van der Waals surface area contributed by atoms with E-state index in [0.29, 0.717) is 10.7 Å². The van der Waals surface area contributed by atoms with Crippen LogP contribution >= 0.6 is 11.6 Å². The minimum atomic E-state index is -0.568. The fourth-order valence-electron chi connectivity index (χ4n) is 2.38. The van der Waals surface area contributed by atoms with E-state index in [1.54, 1.807) is 31.2 Å². The first-order chi connectivity index (χ1) is 13.0. The summed E-state index contributed by atoms with van der Waals surface area (Å²) in [7, 11) is 0. The SMILES string of the molecule is Cc1c(Cl)cccc1NC(=O)c1cncc(C(=O)Nc2ccccc2F)c1. The van der Waals surface area contributed by atoms with Gasteiger partial charge in [0.2, 0.25) is 0 Å². The summed E-state index contributed by atoms with van der Waals surface area (Å²) in [4.78, 5) is 28.7. The van der Waals surface area contributed by atoms with Crippen LogP contribution in [0.3, 0.4) is 0 Å². The molecule has 3 rings (SSSR count). The molecule has 0 saturated carbocycles. The van der Waals surface area contributed by atoms with Crippen LogP contribution in [0, 0.1) is 12.7 Å². The number of nitrogens with zero attached hydrogens (tertiary/aromatic N) is 1. The molecule has 0 saturated heterocycles. The van der Waals surface area contributed by atoms with Gasteiger partial charge >= 0.3 is 0 Å². The molecule has 1 heterocycles. The monoisotopic (exact) mass is 383 g/mol. The largest absolute Gasteiger partial charge is 0.322 e. The highest BCUT2D eigenvalue weighted by molar-refractivity contribution is 6.31. The third-order valence-electron chi connectivity index (χ3n) is 3.90. The first kappa shape index (κ1) is 18.5. The zero-order chi connectivity index (χ0) is 19.4. The summed E-state index contributed by atoms with van der Waals surface area (Å²) in [6, 6.07) is 12.4. The minimum absolute atomic E-state index is 0.0481. The predicted molar refractivity (Wildman–Crippen MR) is 103 cm³/mol. The van der Waals surface area contributed by atoms with Crippen molar-refractivity contribution < 1.29 is 14.0 Å². The number of amides is 2. The molecule has 0 aliphatic rings. The van der Waals surface area contributed by atoms with E-state index in [0.717, 1.165) is 5.56 Å². The maximum atomic E-state index is 13.7. The Morgan fingerprint density at radius 2 is 1.52 bits per heavy atom. The number of hydrogen-bond donors (Lipinski definition) is 2. The summed E-state index contributed by atoms with van der Waals surface area (Å²) < 4.78 is 13.7. The highest BCUT2D eigenvalue weighted by atomic mass is 35.5. The standard InChI is InChI=1S/C20H15ClFN3O2/c1-12-15(21)5-4-8-17(12)24-19(26)13-9-14(11-23-10-13)20(27)25-18-7-3-2-6-16(18)22/h2-11H,1H3,(H,24,26)(H,25,27). The van der Waals surface area contributed by atoms with Crippen LogP contribution in [0.5, 0.6) is 0 Å². The Morgan fingerprint density at radius 3 is 2.19 bits per heavy atom. The second-order valence-electron chi connectivity index (χ2n) is 5.76. The molecule has 0 unspecified atom stereocenters. The molecule has 136 valence electrons. The normalized spacial score (nSPS) is 10.3. The van der Waals surface area contributed by atoms with Crippen LogP contribution < -0.4 is 10.6 Å². The zero-order valence-corrected chi connectivity index (χ0v) is 15.0. The Labute approximate surface area is 160 Å². The second kappa shape index (κ2) is 7.97. The average Bonchev–Trinajstić information content (AvgIpc) is 2.67. The van der Waals surface area contributed by atoms with Gasteiger partial charge in [0.25, 0.3) is 11.8 Å². The smallest absolute Gasteiger partial charge is 0.257 e. The molecule has 2 aromatic carbocycles. The molecule has 0 aliphatic carbocycles. The Bertz CT molecular complexity index is 1020. The van der Waals surface area contributed by atoms with Gasteiger partial charge in [-0.25, -0.2) is 4.39 Å². The summed E-state index contributed by atoms with van der Waals surface area (Å²) >= 11 is 6.05. The van der Waals surface area contributed by atoms with Gasteiger partial charge in [0.1, 0.15) is 5.82 Å². The number of carbonyl (C=O) groups excluding carboxylic acids is 2. The molecule has 3 aromatic rings. The summed E-state index contributed by atoms with van der Waals surface area (Å²) in [6.45, 7) is 1.79. The maximum absolute atomic E-state index is 13.7. The van der Waals surface area contributed by atoms with E-state index in [4.69, 9.17) is 11.6 Å². The molecule has 2 N–H and O–H groups in total. The topological polar surface area (TPSA) is 71.1 Å². The Hall–Kier alpha value is -3.25. The van der Waals surface area contributed by atoms with E-state index in [-0.39, 0.29) is 16.8 Å². The second-order valence-corrected chi connectivity index (χ2v) is 6.17. The summed E-state index contributed by atoms with van der Waals surface area (Å²) in [5.41, 5.74) is 1.67. The number of pyridine rings is 1. The van der Waals surface area contributed by atoms with Gasteiger partial charge in [0.05, 0.1) is 16.8 Å². The first-order valence-electron chi connectivity index (χ1n) is 8.03. The number of anilines is 2. The van der Waals surface area contributed by atoms with Gasteiger partial charge in [-0.05, 0) is 42.8 Å². The molecule has 27 heavy (non-hydrogen) atoms. The number of rotatable bonds is 4. The van der Waals surface area contributed by atoms with Gasteiger partial charge in [-0.3, -0.25) is 14.6 Å². The Kier molecular flexibility index (Phi) is 5.47. The molecule has 0 spiro atoms. The number of carbonyl (C=O) groups is 2. The molecule has 0 aliphatic heterocycles. The molecule has 0 fully saturated rings. The number of aromatic nitrogens is 1. The zero-order valence-electron chi connectivity index (χ0n) is 14.3. The fourth-order valence-corrected chi connectivity index (χ4v) is 2.56. The van der Waals surface area contributed by atoms with Crippen LogP contribution in [0.1, 0.15) is 26.3 Å². The molecule has 0 atom stereocenters. The van der Waals surface area contributed by atoms with Gasteiger partial charge in [-0.15, -0.1) is 0 Å². The summed E-state index contributed by atoms with van der Waals surface area (Å²) in [5.74, 6) is -1.56. The van der Waals surface area contributed by atoms with Crippen LogP contribution in [0.2, 0.25) is 5.02 Å². The van der Waals surface area contributed by atoms with Gasteiger partial charge < -0.3 is 10.6 Å². The number of benzene rings is 2. The minimum Gasteiger partial charge on any atom is -0.322 e. The van der Waals surface area contributed by atoms with Crippen molar-refractivity contribution in [2.75, 3.05) is 10.6 Å². The highest BCUT2D eigenvalue weighted by Gasteiger charge is 2.14. The number of nitrogens with one attached hydrogen (secondary N) is 2. The third-order valence-corrected chi connectivity index (χ3v) is 4.31. The van der Waals surface area contributed by atoms with Crippen LogP contribution in [0.4, 0.5) is 15.8 Å². The van der Waals surface area contributed by atoms with Crippen molar-refractivity contribution in [1.82, 2.24) is 4.98 Å². The van der Waals surface area contributed by atoms with E-state index >= 15 is 0 Å². The van der Waals surface area contributed by atoms with E-state index in [2.05, 4.69) is 15.6 Å². The maximum Gasteiger partial charge on any atom is 0.257 e. The van der Waals surface area contributed by atoms with E-state index < -0.39 is 17.6 Å². The van der Waals surface area contributed by atoms with Crippen LogP contribution in [-0.2, 0) is 0 Å². The van der Waals surface area contributed by atoms with Gasteiger partial charge in [-0.2, -0.15) is 0 Å². The fraction of sp³-hybridized carbons (Fsp3) is 0.0500. The van der Waals surface area contributed by atoms with Crippen molar-refractivity contribution in [1.29, 1.82) is 0 Å². The Morgan fingerprint density at radius 1 is 0.926 bits per heavy atom. The number of halogens is 2. The quantitative estimate of drug-likeness (QED) is 0.686. The molecule has 1 aromatic heterocycles. The lowest BCUT2D eigenvalue weighted by atomic mass is 10.1. The van der Waals surface area contributed by atoms with Crippen LogP contribution in [0.15, 0.2) is 60.9 Å². The van der Waals surface area contributed by atoms with Crippen molar-refractivity contribution in [3.8, 4) is 0 Å². The Balaban J connectivity index is 1.78. The lowest BCUT2D eigenvalue weighted by Crippen LogP contribution is -2.17. The lowest BCUT2D eigenvalue weighted by Gasteiger charge is -2.10. The molecular weight excluding hydrogens is 369 g/mol. The first-order valence-corrected chi connectivity index (χ1v) is 8.41. The summed E-state index contributed by atoms with van der Waals surface area (Å²) in [5, 5.41) is 5.72. The molecule has 0 radical (unpaired) electrons. The molecule has 2 amide bonds. The lowest BCUT2D eigenvalue weighted by molar-refractivity contribution is 0.102. The van der Waals surface area contributed by atoms with Crippen molar-refractivity contribution >= 4 is 34.8 Å². The molecule has 5 nitrogen and oxygen atoms in total. The van der Waals surface area contributed by atoms with Gasteiger partial charge in [0, 0.05) is 23.1 Å². The van der Waals surface area contributed by atoms with Crippen LogP contribution in [0.25, 0.3) is 0 Å². The number of para-hydroxylation sites is 1.